The first-order valence-electron chi connectivity index (χ1n) is 6.39. The Balaban J connectivity index is 2.20. The Kier molecular flexibility index (Phi) is 7.06. The molecule has 0 aliphatic rings. The number of nitrogens with one attached hydrogen (secondary N) is 1. The second kappa shape index (κ2) is 8.66. The van der Waals surface area contributed by atoms with Crippen LogP contribution in [0, 0.1) is 0 Å². The molecule has 0 spiro atoms. The van der Waals surface area contributed by atoms with Gasteiger partial charge < -0.3 is 15.8 Å². The van der Waals surface area contributed by atoms with Crippen LogP contribution in [-0.4, -0.2) is 25.7 Å². The second-order valence-electron chi connectivity index (χ2n) is 4.12. The molecule has 1 aromatic carbocycles. The number of carbonyl (C=O) groups is 1. The summed E-state index contributed by atoms with van der Waals surface area (Å²) in [5, 5.41) is 2.84. The van der Waals surface area contributed by atoms with Crippen molar-refractivity contribution >= 4 is 5.91 Å². The Labute approximate surface area is 109 Å². The van der Waals surface area contributed by atoms with Gasteiger partial charge in [-0.15, -0.1) is 0 Å². The molecule has 3 N–H and O–H groups in total. The fraction of sp³-hybridized carbons (Fsp3) is 0.500. The third-order valence-corrected chi connectivity index (χ3v) is 2.62. The minimum atomic E-state index is -0.238. The van der Waals surface area contributed by atoms with Gasteiger partial charge in [-0.3, -0.25) is 4.79 Å². The molecule has 18 heavy (non-hydrogen) atoms. The molecule has 1 aromatic rings. The van der Waals surface area contributed by atoms with Crippen molar-refractivity contribution in [3.8, 4) is 0 Å². The number of amides is 1. The first kappa shape index (κ1) is 14.7. The lowest BCUT2D eigenvalue weighted by atomic mass is 10.0. The van der Waals surface area contributed by atoms with Crippen LogP contribution >= 0.6 is 0 Å². The molecule has 0 saturated heterocycles. The highest BCUT2D eigenvalue weighted by Gasteiger charge is 2.10. The third kappa shape index (κ3) is 5.80. The summed E-state index contributed by atoms with van der Waals surface area (Å²) in [6.45, 7) is 3.99. The van der Waals surface area contributed by atoms with E-state index in [0.717, 1.165) is 12.0 Å². The molecule has 4 nitrogen and oxygen atoms in total. The van der Waals surface area contributed by atoms with E-state index in [9.17, 15) is 4.79 Å². The fourth-order valence-electron chi connectivity index (χ4n) is 1.64. The molecule has 0 saturated carbocycles. The smallest absolute Gasteiger partial charge is 0.221 e. The van der Waals surface area contributed by atoms with E-state index in [1.165, 1.54) is 0 Å². The first-order chi connectivity index (χ1) is 8.74. The van der Waals surface area contributed by atoms with Gasteiger partial charge in [0, 0.05) is 32.2 Å². The Morgan fingerprint density at radius 2 is 2.11 bits per heavy atom. The van der Waals surface area contributed by atoms with Gasteiger partial charge in [0.05, 0.1) is 0 Å². The van der Waals surface area contributed by atoms with Crippen molar-refractivity contribution < 1.29 is 9.53 Å². The molecular formula is C14H22N2O2. The first-order valence-corrected chi connectivity index (χ1v) is 6.39. The Morgan fingerprint density at radius 1 is 1.39 bits per heavy atom. The van der Waals surface area contributed by atoms with E-state index in [-0.39, 0.29) is 11.9 Å². The third-order valence-electron chi connectivity index (χ3n) is 2.62. The summed E-state index contributed by atoms with van der Waals surface area (Å²) in [6, 6.07) is 9.42. The van der Waals surface area contributed by atoms with Crippen molar-refractivity contribution in [2.45, 2.75) is 25.8 Å². The number of hydrogen-bond acceptors (Lipinski definition) is 3. The largest absolute Gasteiger partial charge is 0.382 e. The minimum Gasteiger partial charge on any atom is -0.382 e. The number of carbonyl (C=O) groups excluding carboxylic acids is 1. The zero-order valence-corrected chi connectivity index (χ0v) is 10.9. The van der Waals surface area contributed by atoms with Crippen LogP contribution in [0.25, 0.3) is 0 Å². The maximum atomic E-state index is 11.6. The normalized spacial score (nSPS) is 12.1. The lowest BCUT2D eigenvalue weighted by Crippen LogP contribution is -2.28. The molecule has 0 fully saturated rings. The van der Waals surface area contributed by atoms with Crippen molar-refractivity contribution in [2.24, 2.45) is 5.73 Å². The summed E-state index contributed by atoms with van der Waals surface area (Å²) in [5.74, 6) is -0.0112. The van der Waals surface area contributed by atoms with E-state index in [2.05, 4.69) is 5.32 Å². The molecule has 0 unspecified atom stereocenters. The van der Waals surface area contributed by atoms with E-state index < -0.39 is 0 Å². The Hall–Kier alpha value is -1.39. The standard InChI is InChI=1S/C14H22N2O2/c1-2-18-10-6-9-16-14(17)11-13(15)12-7-4-3-5-8-12/h3-5,7-8,13H,2,6,9-11,15H2,1H3,(H,16,17)/t13-/m0/s1. The van der Waals surface area contributed by atoms with Gasteiger partial charge >= 0.3 is 0 Å². The van der Waals surface area contributed by atoms with Gasteiger partial charge in [-0.05, 0) is 18.9 Å². The van der Waals surface area contributed by atoms with Crippen molar-refractivity contribution in [2.75, 3.05) is 19.8 Å². The molecule has 0 bridgehead atoms. The van der Waals surface area contributed by atoms with Crippen LogP contribution in [0.5, 0.6) is 0 Å². The summed E-state index contributed by atoms with van der Waals surface area (Å²) >= 11 is 0. The lowest BCUT2D eigenvalue weighted by molar-refractivity contribution is -0.121. The van der Waals surface area contributed by atoms with Gasteiger partial charge in [0.1, 0.15) is 0 Å². The average molecular weight is 250 g/mol. The predicted octanol–water partition coefficient (Wildman–Crippen LogP) is 1.62. The van der Waals surface area contributed by atoms with Crippen LogP contribution in [0.4, 0.5) is 0 Å². The van der Waals surface area contributed by atoms with Gasteiger partial charge in [0.2, 0.25) is 5.91 Å². The number of hydrogen-bond donors (Lipinski definition) is 2. The van der Waals surface area contributed by atoms with E-state index in [1.807, 2.05) is 37.3 Å². The molecule has 0 radical (unpaired) electrons. The second-order valence-corrected chi connectivity index (χ2v) is 4.12. The average Bonchev–Trinajstić information content (AvgIpc) is 2.39. The Bertz CT molecular complexity index is 341. The molecule has 0 aliphatic heterocycles. The van der Waals surface area contributed by atoms with Crippen molar-refractivity contribution in [3.63, 3.8) is 0 Å². The lowest BCUT2D eigenvalue weighted by Gasteiger charge is -2.12. The van der Waals surface area contributed by atoms with Crippen LogP contribution in [0.3, 0.4) is 0 Å². The highest BCUT2D eigenvalue weighted by atomic mass is 16.5. The number of nitrogens with two attached hydrogens (primary N) is 1. The summed E-state index contributed by atoms with van der Waals surface area (Å²) in [6.07, 6.45) is 1.15. The number of rotatable bonds is 8. The number of ether oxygens (including phenoxy) is 1. The van der Waals surface area contributed by atoms with Crippen molar-refractivity contribution in [3.05, 3.63) is 35.9 Å². The summed E-state index contributed by atoms with van der Waals surface area (Å²) in [5.41, 5.74) is 6.95. The summed E-state index contributed by atoms with van der Waals surface area (Å²) in [7, 11) is 0. The predicted molar refractivity (Wildman–Crippen MR) is 72.1 cm³/mol. The maximum absolute atomic E-state index is 11.6. The zero-order chi connectivity index (χ0) is 13.2. The fourth-order valence-corrected chi connectivity index (χ4v) is 1.64. The van der Waals surface area contributed by atoms with Crippen LogP contribution in [0.15, 0.2) is 30.3 Å². The number of benzene rings is 1. The van der Waals surface area contributed by atoms with E-state index >= 15 is 0 Å². The van der Waals surface area contributed by atoms with E-state index in [4.69, 9.17) is 10.5 Å². The zero-order valence-electron chi connectivity index (χ0n) is 10.9. The van der Waals surface area contributed by atoms with Crippen LogP contribution < -0.4 is 11.1 Å². The van der Waals surface area contributed by atoms with Gasteiger partial charge in [-0.25, -0.2) is 0 Å². The van der Waals surface area contributed by atoms with Crippen LogP contribution in [0.2, 0.25) is 0 Å². The minimum absolute atomic E-state index is 0.0112. The van der Waals surface area contributed by atoms with Crippen LogP contribution in [0.1, 0.15) is 31.4 Å². The molecule has 0 heterocycles. The van der Waals surface area contributed by atoms with Crippen LogP contribution in [-0.2, 0) is 9.53 Å². The highest BCUT2D eigenvalue weighted by Crippen LogP contribution is 2.12. The Morgan fingerprint density at radius 3 is 2.78 bits per heavy atom. The van der Waals surface area contributed by atoms with Gasteiger partial charge in [-0.2, -0.15) is 0 Å². The topological polar surface area (TPSA) is 64.3 Å². The molecule has 0 aromatic heterocycles. The highest BCUT2D eigenvalue weighted by molar-refractivity contribution is 5.76. The molecular weight excluding hydrogens is 228 g/mol. The quantitative estimate of drug-likeness (QED) is 0.689. The molecule has 1 atom stereocenters. The van der Waals surface area contributed by atoms with Crippen molar-refractivity contribution in [1.29, 1.82) is 0 Å². The van der Waals surface area contributed by atoms with E-state index in [1.54, 1.807) is 0 Å². The monoisotopic (exact) mass is 250 g/mol. The summed E-state index contributed by atoms with van der Waals surface area (Å²) < 4.78 is 5.19. The van der Waals surface area contributed by atoms with Crippen molar-refractivity contribution in [1.82, 2.24) is 5.32 Å². The maximum Gasteiger partial charge on any atom is 0.221 e. The summed E-state index contributed by atoms with van der Waals surface area (Å²) in [4.78, 5) is 11.6. The molecule has 1 amide bonds. The van der Waals surface area contributed by atoms with Gasteiger partial charge in [-0.1, -0.05) is 30.3 Å². The molecule has 4 heteroatoms. The van der Waals surface area contributed by atoms with Gasteiger partial charge in [0.15, 0.2) is 0 Å². The van der Waals surface area contributed by atoms with E-state index in [0.29, 0.717) is 26.2 Å². The SMILES string of the molecule is CCOCCCNC(=O)C[C@H](N)c1ccccc1. The molecule has 1 rings (SSSR count). The van der Waals surface area contributed by atoms with Gasteiger partial charge in [0.25, 0.3) is 0 Å². The molecule has 0 aliphatic carbocycles. The molecule has 100 valence electrons.